The molecule has 0 bridgehead atoms. The van der Waals surface area contributed by atoms with Crippen LogP contribution in [0, 0.1) is 5.82 Å². The lowest BCUT2D eigenvalue weighted by Gasteiger charge is -2.45. The van der Waals surface area contributed by atoms with Crippen molar-refractivity contribution in [2.24, 2.45) is 0 Å². The first-order valence-electron chi connectivity index (χ1n) is 10.5. The van der Waals surface area contributed by atoms with Crippen LogP contribution < -0.4 is 15.4 Å². The Balaban J connectivity index is 1.43. The number of amides is 1. The molecule has 4 heterocycles. The number of methoxy groups -OCH3 is 1. The van der Waals surface area contributed by atoms with Gasteiger partial charge in [-0.05, 0) is 25.8 Å². The highest BCUT2D eigenvalue weighted by molar-refractivity contribution is 5.97. The summed E-state index contributed by atoms with van der Waals surface area (Å²) >= 11 is 0. The van der Waals surface area contributed by atoms with Gasteiger partial charge >= 0.3 is 0 Å². The van der Waals surface area contributed by atoms with Crippen molar-refractivity contribution >= 4 is 28.5 Å². The number of aromatic nitrogens is 5. The molecule has 1 saturated carbocycles. The van der Waals surface area contributed by atoms with Crippen LogP contribution in [0.5, 0.6) is 5.88 Å². The molecular weight excluding hydrogens is 413 g/mol. The molecular formula is C22H24FN7O2. The number of carbonyl (C=O) groups excluding carboxylic acids is 1. The molecule has 0 aromatic carbocycles. The van der Waals surface area contributed by atoms with Crippen LogP contribution in [-0.4, -0.2) is 48.9 Å². The number of carbonyl (C=O) groups is 1. The van der Waals surface area contributed by atoms with Crippen molar-refractivity contribution in [1.29, 1.82) is 0 Å². The number of pyridine rings is 1. The molecule has 0 atom stereocenters. The second kappa shape index (κ2) is 7.47. The Morgan fingerprint density at radius 1 is 1.41 bits per heavy atom. The second-order valence-corrected chi connectivity index (χ2v) is 8.43. The monoisotopic (exact) mass is 437 g/mol. The maximum atomic E-state index is 14.5. The van der Waals surface area contributed by atoms with Gasteiger partial charge in [-0.2, -0.15) is 9.97 Å². The zero-order valence-electron chi connectivity index (χ0n) is 18.1. The highest BCUT2D eigenvalue weighted by atomic mass is 19.1. The third-order valence-electron chi connectivity index (χ3n) is 5.93. The molecule has 0 aliphatic heterocycles. The van der Waals surface area contributed by atoms with Gasteiger partial charge in [-0.1, -0.05) is 6.92 Å². The van der Waals surface area contributed by atoms with Crippen molar-refractivity contribution in [2.45, 2.75) is 44.7 Å². The van der Waals surface area contributed by atoms with E-state index in [9.17, 15) is 9.18 Å². The van der Waals surface area contributed by atoms with Gasteiger partial charge in [0.25, 0.3) is 0 Å². The first-order valence-corrected chi connectivity index (χ1v) is 10.5. The summed E-state index contributed by atoms with van der Waals surface area (Å²) in [5.41, 5.74) is 2.03. The van der Waals surface area contributed by atoms with Crippen molar-refractivity contribution < 1.29 is 13.9 Å². The lowest BCUT2D eigenvalue weighted by atomic mass is 9.74. The molecule has 0 unspecified atom stereocenters. The Labute approximate surface area is 183 Å². The predicted molar refractivity (Wildman–Crippen MR) is 118 cm³/mol. The van der Waals surface area contributed by atoms with Crippen LogP contribution in [0.25, 0.3) is 27.8 Å². The second-order valence-electron chi connectivity index (χ2n) is 8.43. The number of ether oxygens (including phenoxy) is 1. The molecule has 4 aromatic rings. The SMILES string of the molecule is CCC(=O)N[C@]1(C)C[C@@H](Nc2nc(OC)c3c(-c4cc(F)c5nccn5c4)c[nH]c3n2)C1. The minimum Gasteiger partial charge on any atom is -0.480 e. The van der Waals surface area contributed by atoms with Gasteiger partial charge < -0.3 is 24.8 Å². The summed E-state index contributed by atoms with van der Waals surface area (Å²) in [4.78, 5) is 28.0. The number of imidazole rings is 1. The predicted octanol–water partition coefficient (Wildman–Crippen LogP) is 3.28. The van der Waals surface area contributed by atoms with Gasteiger partial charge in [0.2, 0.25) is 17.7 Å². The number of nitrogens with one attached hydrogen (secondary N) is 3. The minimum absolute atomic E-state index is 0.0505. The van der Waals surface area contributed by atoms with Crippen molar-refractivity contribution in [3.8, 4) is 17.0 Å². The van der Waals surface area contributed by atoms with Crippen molar-refractivity contribution in [3.63, 3.8) is 0 Å². The Morgan fingerprint density at radius 3 is 2.97 bits per heavy atom. The summed E-state index contributed by atoms with van der Waals surface area (Å²) in [6.07, 6.45) is 8.85. The summed E-state index contributed by atoms with van der Waals surface area (Å²) in [6, 6.07) is 1.59. The fourth-order valence-electron chi connectivity index (χ4n) is 4.42. The summed E-state index contributed by atoms with van der Waals surface area (Å²) in [5, 5.41) is 7.06. The summed E-state index contributed by atoms with van der Waals surface area (Å²) in [5.74, 6) is 0.465. The van der Waals surface area contributed by atoms with E-state index in [-0.39, 0.29) is 23.1 Å². The summed E-state index contributed by atoms with van der Waals surface area (Å²) in [6.45, 7) is 3.88. The van der Waals surface area contributed by atoms with E-state index in [2.05, 4.69) is 30.6 Å². The summed E-state index contributed by atoms with van der Waals surface area (Å²) in [7, 11) is 1.54. The number of hydrogen-bond acceptors (Lipinski definition) is 6. The largest absolute Gasteiger partial charge is 0.480 e. The molecule has 0 radical (unpaired) electrons. The van der Waals surface area contributed by atoms with Crippen LogP contribution in [0.4, 0.5) is 10.3 Å². The molecule has 0 spiro atoms. The lowest BCUT2D eigenvalue weighted by molar-refractivity contribution is -0.123. The van der Waals surface area contributed by atoms with Gasteiger partial charge in [0, 0.05) is 53.9 Å². The zero-order valence-corrected chi connectivity index (χ0v) is 18.1. The van der Waals surface area contributed by atoms with E-state index in [1.807, 2.05) is 13.8 Å². The van der Waals surface area contributed by atoms with Gasteiger partial charge in [0.05, 0.1) is 12.5 Å². The van der Waals surface area contributed by atoms with Crippen LogP contribution in [0.3, 0.4) is 0 Å². The first-order chi connectivity index (χ1) is 15.4. The van der Waals surface area contributed by atoms with E-state index in [0.717, 1.165) is 18.4 Å². The third kappa shape index (κ3) is 3.41. The standard InChI is InChI=1S/C22H24FN7O2/c1-4-16(31)29-22(2)8-13(9-22)26-21-27-18-17(20(28-21)32-3)14(10-25-18)12-7-15(23)19-24-5-6-30(19)11-12/h5-7,10-11,13H,4,8-9H2,1-3H3,(H,29,31)(H2,25,26,27,28)/t13-,22-. The Hall–Kier alpha value is -3.69. The Morgan fingerprint density at radius 2 is 2.22 bits per heavy atom. The van der Waals surface area contributed by atoms with Crippen LogP contribution in [0.15, 0.2) is 30.9 Å². The smallest absolute Gasteiger partial charge is 0.228 e. The van der Waals surface area contributed by atoms with Gasteiger partial charge in [-0.3, -0.25) is 4.79 Å². The maximum Gasteiger partial charge on any atom is 0.228 e. The third-order valence-corrected chi connectivity index (χ3v) is 5.93. The van der Waals surface area contributed by atoms with Gasteiger partial charge in [-0.15, -0.1) is 0 Å². The van der Waals surface area contributed by atoms with E-state index in [4.69, 9.17) is 4.74 Å². The number of fused-ring (bicyclic) bond motifs is 2. The fraction of sp³-hybridized carbons (Fsp3) is 0.364. The van der Waals surface area contributed by atoms with Crippen molar-refractivity contribution in [1.82, 2.24) is 29.7 Å². The molecule has 10 heteroatoms. The number of anilines is 1. The zero-order chi connectivity index (χ0) is 22.5. The van der Waals surface area contributed by atoms with E-state index in [0.29, 0.717) is 34.8 Å². The van der Waals surface area contributed by atoms with Crippen LogP contribution in [0.1, 0.15) is 33.1 Å². The average molecular weight is 437 g/mol. The fourth-order valence-corrected chi connectivity index (χ4v) is 4.42. The molecule has 1 fully saturated rings. The highest BCUT2D eigenvalue weighted by Gasteiger charge is 2.41. The number of halogens is 1. The van der Waals surface area contributed by atoms with Gasteiger partial charge in [-0.25, -0.2) is 9.37 Å². The van der Waals surface area contributed by atoms with E-state index in [1.54, 1.807) is 36.3 Å². The number of rotatable bonds is 6. The van der Waals surface area contributed by atoms with Crippen LogP contribution in [0.2, 0.25) is 0 Å². The van der Waals surface area contributed by atoms with Crippen LogP contribution >= 0.6 is 0 Å². The molecule has 4 aromatic heterocycles. The maximum absolute atomic E-state index is 14.5. The van der Waals surface area contributed by atoms with Crippen molar-refractivity contribution in [3.05, 3.63) is 36.7 Å². The number of H-pyrrole nitrogens is 1. The molecule has 1 amide bonds. The number of nitrogens with zero attached hydrogens (tertiary/aromatic N) is 4. The van der Waals surface area contributed by atoms with E-state index >= 15 is 0 Å². The lowest BCUT2D eigenvalue weighted by Crippen LogP contribution is -2.59. The molecule has 5 rings (SSSR count). The molecule has 1 aliphatic carbocycles. The molecule has 32 heavy (non-hydrogen) atoms. The topological polar surface area (TPSA) is 109 Å². The van der Waals surface area contributed by atoms with Gasteiger partial charge in [0.15, 0.2) is 11.5 Å². The molecule has 166 valence electrons. The molecule has 1 aliphatic rings. The van der Waals surface area contributed by atoms with Crippen molar-refractivity contribution in [2.75, 3.05) is 12.4 Å². The van der Waals surface area contributed by atoms with E-state index < -0.39 is 5.82 Å². The molecule has 3 N–H and O–H groups in total. The molecule has 0 saturated heterocycles. The number of hydrogen-bond donors (Lipinski definition) is 3. The summed E-state index contributed by atoms with van der Waals surface area (Å²) < 4.78 is 21.7. The average Bonchev–Trinajstić information content (AvgIpc) is 3.39. The first kappa shape index (κ1) is 20.2. The Kier molecular flexibility index (Phi) is 4.72. The minimum atomic E-state index is -0.414. The Bertz CT molecular complexity index is 1320. The quantitative estimate of drug-likeness (QED) is 0.427. The van der Waals surface area contributed by atoms with E-state index in [1.165, 1.54) is 6.07 Å². The van der Waals surface area contributed by atoms with Gasteiger partial charge in [0.1, 0.15) is 5.65 Å². The molecule has 9 nitrogen and oxygen atoms in total. The number of aromatic amines is 1. The normalized spacial score (nSPS) is 20.3. The highest BCUT2D eigenvalue weighted by Crippen LogP contribution is 2.37. The van der Waals surface area contributed by atoms with Crippen LogP contribution in [-0.2, 0) is 4.79 Å².